The van der Waals surface area contributed by atoms with Gasteiger partial charge in [0.05, 0.1) is 14.2 Å². The Morgan fingerprint density at radius 2 is 1.67 bits per heavy atom. The predicted molar refractivity (Wildman–Crippen MR) is 108 cm³/mol. The molecule has 6 heteroatoms. The lowest BCUT2D eigenvalue weighted by atomic mass is 10.1. The Kier molecular flexibility index (Phi) is 5.86. The van der Waals surface area contributed by atoms with Crippen molar-refractivity contribution < 1.29 is 14.3 Å². The first kappa shape index (κ1) is 19.0. The summed E-state index contributed by atoms with van der Waals surface area (Å²) in [5, 5.41) is 2.96. The molecule has 1 saturated heterocycles. The fraction of sp³-hybridized carbons (Fsp3) is 0.381. The molecule has 1 fully saturated rings. The average Bonchev–Trinajstić information content (AvgIpc) is 2.68. The lowest BCUT2D eigenvalue weighted by Crippen LogP contribution is -2.44. The van der Waals surface area contributed by atoms with Gasteiger partial charge in [-0.25, -0.2) is 0 Å². The number of amides is 1. The van der Waals surface area contributed by atoms with Crippen molar-refractivity contribution in [2.45, 2.75) is 6.92 Å². The second-order valence-corrected chi connectivity index (χ2v) is 6.82. The number of nitrogens with one attached hydrogen (secondary N) is 1. The van der Waals surface area contributed by atoms with Crippen LogP contribution in [0.25, 0.3) is 0 Å². The zero-order valence-corrected chi connectivity index (χ0v) is 16.4. The van der Waals surface area contributed by atoms with E-state index in [1.807, 2.05) is 12.1 Å². The lowest BCUT2D eigenvalue weighted by Gasteiger charge is -2.35. The number of rotatable bonds is 5. The number of likely N-dealkylation sites (N-methyl/N-ethyl adjacent to an activating group) is 1. The van der Waals surface area contributed by atoms with Crippen molar-refractivity contribution in [3.05, 3.63) is 47.5 Å². The van der Waals surface area contributed by atoms with Gasteiger partial charge in [0, 0.05) is 43.1 Å². The molecule has 3 rings (SSSR count). The van der Waals surface area contributed by atoms with Crippen LogP contribution in [-0.2, 0) is 0 Å². The van der Waals surface area contributed by atoms with Gasteiger partial charge in [0.15, 0.2) is 11.5 Å². The largest absolute Gasteiger partial charge is 0.493 e. The molecule has 1 amide bonds. The van der Waals surface area contributed by atoms with Gasteiger partial charge >= 0.3 is 0 Å². The minimum Gasteiger partial charge on any atom is -0.493 e. The van der Waals surface area contributed by atoms with Gasteiger partial charge in [-0.1, -0.05) is 0 Å². The highest BCUT2D eigenvalue weighted by Crippen LogP contribution is 2.28. The zero-order chi connectivity index (χ0) is 19.4. The number of piperazine rings is 1. The van der Waals surface area contributed by atoms with E-state index >= 15 is 0 Å². The average molecular weight is 369 g/mol. The smallest absolute Gasteiger partial charge is 0.255 e. The highest BCUT2D eigenvalue weighted by Gasteiger charge is 2.17. The monoisotopic (exact) mass is 369 g/mol. The Morgan fingerprint density at radius 3 is 2.30 bits per heavy atom. The van der Waals surface area contributed by atoms with E-state index in [4.69, 9.17) is 9.47 Å². The Hall–Kier alpha value is -2.73. The van der Waals surface area contributed by atoms with Gasteiger partial charge in [0.2, 0.25) is 0 Å². The van der Waals surface area contributed by atoms with Gasteiger partial charge in [-0.3, -0.25) is 4.79 Å². The third kappa shape index (κ3) is 4.34. The van der Waals surface area contributed by atoms with Crippen LogP contribution in [0, 0.1) is 6.92 Å². The van der Waals surface area contributed by atoms with Gasteiger partial charge in [-0.15, -0.1) is 0 Å². The van der Waals surface area contributed by atoms with Crippen molar-refractivity contribution in [1.29, 1.82) is 0 Å². The van der Waals surface area contributed by atoms with E-state index in [1.165, 1.54) is 5.69 Å². The quantitative estimate of drug-likeness (QED) is 0.878. The number of carbonyl (C=O) groups excluding carboxylic acids is 1. The third-order valence-corrected chi connectivity index (χ3v) is 4.94. The summed E-state index contributed by atoms with van der Waals surface area (Å²) in [5.74, 6) is 0.955. The van der Waals surface area contributed by atoms with Gasteiger partial charge in [0.25, 0.3) is 5.91 Å². The van der Waals surface area contributed by atoms with Gasteiger partial charge in [0.1, 0.15) is 0 Å². The van der Waals surface area contributed by atoms with Gasteiger partial charge in [-0.2, -0.15) is 0 Å². The van der Waals surface area contributed by atoms with Crippen LogP contribution in [0.1, 0.15) is 15.9 Å². The minimum absolute atomic E-state index is 0.178. The summed E-state index contributed by atoms with van der Waals surface area (Å²) in [4.78, 5) is 17.3. The first-order valence-electron chi connectivity index (χ1n) is 9.09. The van der Waals surface area contributed by atoms with Crippen LogP contribution >= 0.6 is 0 Å². The summed E-state index contributed by atoms with van der Waals surface area (Å²) in [6.45, 7) is 6.26. The number of methoxy groups -OCH3 is 2. The number of carbonyl (C=O) groups is 1. The molecule has 0 spiro atoms. The fourth-order valence-corrected chi connectivity index (χ4v) is 3.32. The molecule has 0 radical (unpaired) electrons. The van der Waals surface area contributed by atoms with E-state index in [2.05, 4.69) is 35.2 Å². The van der Waals surface area contributed by atoms with Gasteiger partial charge in [-0.05, 0) is 55.9 Å². The number of hydrogen-bond donors (Lipinski definition) is 1. The number of ether oxygens (including phenoxy) is 2. The Balaban J connectivity index is 1.72. The molecule has 2 aromatic carbocycles. The third-order valence-electron chi connectivity index (χ3n) is 4.94. The Labute approximate surface area is 160 Å². The molecule has 1 N–H and O–H groups in total. The summed E-state index contributed by atoms with van der Waals surface area (Å²) in [6, 6.07) is 11.2. The van der Waals surface area contributed by atoms with E-state index in [1.54, 1.807) is 32.4 Å². The molecule has 2 aromatic rings. The fourth-order valence-electron chi connectivity index (χ4n) is 3.32. The molecule has 27 heavy (non-hydrogen) atoms. The molecule has 1 aliphatic rings. The van der Waals surface area contributed by atoms with E-state index in [9.17, 15) is 4.79 Å². The molecular formula is C21H27N3O3. The summed E-state index contributed by atoms with van der Waals surface area (Å²) < 4.78 is 10.5. The van der Waals surface area contributed by atoms with Crippen molar-refractivity contribution in [2.24, 2.45) is 0 Å². The summed E-state index contributed by atoms with van der Waals surface area (Å²) >= 11 is 0. The molecule has 144 valence electrons. The minimum atomic E-state index is -0.178. The second kappa shape index (κ2) is 8.31. The first-order chi connectivity index (χ1) is 13.0. The van der Waals surface area contributed by atoms with Crippen LogP contribution < -0.4 is 19.7 Å². The van der Waals surface area contributed by atoms with Crippen molar-refractivity contribution in [3.8, 4) is 11.5 Å². The number of nitrogens with zero attached hydrogens (tertiary/aromatic N) is 2. The first-order valence-corrected chi connectivity index (χ1v) is 9.09. The van der Waals surface area contributed by atoms with Crippen molar-refractivity contribution >= 4 is 17.3 Å². The summed E-state index contributed by atoms with van der Waals surface area (Å²) in [6.07, 6.45) is 0. The van der Waals surface area contributed by atoms with Crippen molar-refractivity contribution in [3.63, 3.8) is 0 Å². The maximum absolute atomic E-state index is 12.6. The number of hydrogen-bond acceptors (Lipinski definition) is 5. The zero-order valence-electron chi connectivity index (χ0n) is 16.4. The molecule has 0 bridgehead atoms. The number of anilines is 2. The molecule has 0 aromatic heterocycles. The maximum atomic E-state index is 12.6. The topological polar surface area (TPSA) is 54.0 Å². The van der Waals surface area contributed by atoms with Crippen LogP contribution in [0.4, 0.5) is 11.4 Å². The van der Waals surface area contributed by atoms with Crippen LogP contribution in [0.5, 0.6) is 11.5 Å². The number of aryl methyl sites for hydroxylation is 1. The van der Waals surface area contributed by atoms with E-state index in [0.717, 1.165) is 37.4 Å². The second-order valence-electron chi connectivity index (χ2n) is 6.82. The summed E-state index contributed by atoms with van der Waals surface area (Å²) in [5.41, 5.74) is 3.69. The summed E-state index contributed by atoms with van der Waals surface area (Å²) in [7, 11) is 5.28. The highest BCUT2D eigenvalue weighted by atomic mass is 16.5. The molecule has 0 aliphatic carbocycles. The standard InChI is InChI=1S/C21H27N3O3/c1-15-13-17(6-7-18(15)24-11-9-23(2)10-12-24)22-21(25)16-5-8-19(26-3)20(14-16)27-4/h5-8,13-14H,9-12H2,1-4H3,(H,22,25). The van der Waals surface area contributed by atoms with Crippen molar-refractivity contribution in [2.75, 3.05) is 57.7 Å². The van der Waals surface area contributed by atoms with Crippen LogP contribution in [0.15, 0.2) is 36.4 Å². The predicted octanol–water partition coefficient (Wildman–Crippen LogP) is 3.02. The van der Waals surface area contributed by atoms with E-state index in [-0.39, 0.29) is 5.91 Å². The molecule has 1 aliphatic heterocycles. The molecular weight excluding hydrogens is 342 g/mol. The van der Waals surface area contributed by atoms with E-state index in [0.29, 0.717) is 17.1 Å². The van der Waals surface area contributed by atoms with Crippen LogP contribution in [-0.4, -0.2) is 58.3 Å². The SMILES string of the molecule is COc1ccc(C(=O)Nc2ccc(N3CCN(C)CC3)c(C)c2)cc1OC. The molecule has 0 saturated carbocycles. The normalized spacial score (nSPS) is 14.7. The molecule has 0 atom stereocenters. The van der Waals surface area contributed by atoms with Crippen molar-refractivity contribution in [1.82, 2.24) is 4.90 Å². The lowest BCUT2D eigenvalue weighted by molar-refractivity contribution is 0.102. The van der Waals surface area contributed by atoms with E-state index < -0.39 is 0 Å². The number of benzene rings is 2. The molecule has 6 nitrogen and oxygen atoms in total. The van der Waals surface area contributed by atoms with Crippen LogP contribution in [0.2, 0.25) is 0 Å². The highest BCUT2D eigenvalue weighted by molar-refractivity contribution is 6.04. The van der Waals surface area contributed by atoms with Crippen LogP contribution in [0.3, 0.4) is 0 Å². The molecule has 0 unspecified atom stereocenters. The van der Waals surface area contributed by atoms with Gasteiger partial charge < -0.3 is 24.6 Å². The Morgan fingerprint density at radius 1 is 0.963 bits per heavy atom. The molecule has 1 heterocycles. The Bertz CT molecular complexity index is 814. The maximum Gasteiger partial charge on any atom is 0.255 e.